The third-order valence-corrected chi connectivity index (χ3v) is 2.75. The summed E-state index contributed by atoms with van der Waals surface area (Å²) in [6.07, 6.45) is 0. The maximum Gasteiger partial charge on any atom is 0.242 e. The summed E-state index contributed by atoms with van der Waals surface area (Å²) in [6.45, 7) is 7.74. The van der Waals surface area contributed by atoms with Crippen LogP contribution in [0.25, 0.3) is 0 Å². The number of likely N-dealkylation sites (N-methyl/N-ethyl adjacent to an activating group) is 2. The van der Waals surface area contributed by atoms with Gasteiger partial charge in [-0.25, -0.2) is 0 Å². The second-order valence-corrected chi connectivity index (χ2v) is 4.85. The molecule has 17 heavy (non-hydrogen) atoms. The predicted molar refractivity (Wildman–Crippen MR) is 68.5 cm³/mol. The zero-order valence-corrected chi connectivity index (χ0v) is 11.6. The number of carbonyl (C=O) groups is 2. The van der Waals surface area contributed by atoms with Crippen molar-refractivity contribution in [2.24, 2.45) is 11.8 Å². The van der Waals surface area contributed by atoms with Crippen molar-refractivity contribution >= 4 is 11.8 Å². The van der Waals surface area contributed by atoms with Gasteiger partial charge in [0.1, 0.15) is 6.04 Å². The molecule has 2 amide bonds. The number of carbonyl (C=O) groups excluding carboxylic acids is 2. The Morgan fingerprint density at radius 3 is 1.59 bits per heavy atom. The van der Waals surface area contributed by atoms with E-state index in [-0.39, 0.29) is 29.7 Å². The van der Waals surface area contributed by atoms with Gasteiger partial charge in [-0.3, -0.25) is 9.59 Å². The molecule has 0 rings (SSSR count). The SMILES string of the molecule is CNC(=O)[C@@H](NC(=O)C(NC)C(C)C)C(C)C. The molecular weight excluding hydrogens is 218 g/mol. The van der Waals surface area contributed by atoms with Crippen LogP contribution in [-0.4, -0.2) is 38.0 Å². The van der Waals surface area contributed by atoms with Gasteiger partial charge >= 0.3 is 0 Å². The molecule has 0 aromatic carbocycles. The van der Waals surface area contributed by atoms with Crippen LogP contribution in [0.5, 0.6) is 0 Å². The van der Waals surface area contributed by atoms with E-state index in [1.807, 2.05) is 27.7 Å². The van der Waals surface area contributed by atoms with Gasteiger partial charge in [0.15, 0.2) is 0 Å². The Labute approximate surface area is 104 Å². The molecule has 0 heterocycles. The molecule has 0 saturated heterocycles. The first kappa shape index (κ1) is 15.9. The fourth-order valence-corrected chi connectivity index (χ4v) is 1.70. The second kappa shape index (κ2) is 7.27. The molecular formula is C12H25N3O2. The summed E-state index contributed by atoms with van der Waals surface area (Å²) in [5, 5.41) is 8.31. The van der Waals surface area contributed by atoms with Gasteiger partial charge in [0.05, 0.1) is 6.04 Å². The molecule has 0 aromatic heterocycles. The van der Waals surface area contributed by atoms with Gasteiger partial charge in [-0.2, -0.15) is 0 Å². The summed E-state index contributed by atoms with van der Waals surface area (Å²) < 4.78 is 0. The molecule has 1 unspecified atom stereocenters. The van der Waals surface area contributed by atoms with Crippen LogP contribution in [-0.2, 0) is 9.59 Å². The summed E-state index contributed by atoms with van der Waals surface area (Å²) in [5.74, 6) is -0.0576. The lowest BCUT2D eigenvalue weighted by Gasteiger charge is -2.25. The minimum absolute atomic E-state index is 0.0589. The zero-order valence-electron chi connectivity index (χ0n) is 11.6. The van der Waals surface area contributed by atoms with Crippen molar-refractivity contribution < 1.29 is 9.59 Å². The molecule has 5 heteroatoms. The smallest absolute Gasteiger partial charge is 0.242 e. The molecule has 0 aliphatic carbocycles. The van der Waals surface area contributed by atoms with Crippen molar-refractivity contribution in [1.82, 2.24) is 16.0 Å². The Balaban J connectivity index is 4.65. The predicted octanol–water partition coefficient (Wildman–Crippen LogP) is 0.117. The van der Waals surface area contributed by atoms with E-state index < -0.39 is 6.04 Å². The normalized spacial score (nSPS) is 14.6. The lowest BCUT2D eigenvalue weighted by molar-refractivity contribution is -0.131. The fraction of sp³-hybridized carbons (Fsp3) is 0.833. The van der Waals surface area contributed by atoms with Gasteiger partial charge < -0.3 is 16.0 Å². The van der Waals surface area contributed by atoms with Crippen LogP contribution < -0.4 is 16.0 Å². The van der Waals surface area contributed by atoms with Crippen LogP contribution in [0.1, 0.15) is 27.7 Å². The number of rotatable bonds is 6. The molecule has 0 spiro atoms. The quantitative estimate of drug-likeness (QED) is 0.620. The van der Waals surface area contributed by atoms with E-state index in [1.165, 1.54) is 0 Å². The highest BCUT2D eigenvalue weighted by molar-refractivity contribution is 5.89. The molecule has 0 fully saturated rings. The highest BCUT2D eigenvalue weighted by Crippen LogP contribution is 2.05. The minimum atomic E-state index is -0.484. The van der Waals surface area contributed by atoms with Crippen LogP contribution in [0.15, 0.2) is 0 Å². The number of hydrogen-bond donors (Lipinski definition) is 3. The average Bonchev–Trinajstić information content (AvgIpc) is 2.24. The lowest BCUT2D eigenvalue weighted by Crippen LogP contribution is -2.55. The topological polar surface area (TPSA) is 70.2 Å². The number of amides is 2. The van der Waals surface area contributed by atoms with Crippen LogP contribution in [0, 0.1) is 11.8 Å². The maximum atomic E-state index is 12.0. The summed E-state index contributed by atoms with van der Waals surface area (Å²) in [5.41, 5.74) is 0. The fourth-order valence-electron chi connectivity index (χ4n) is 1.70. The Morgan fingerprint density at radius 1 is 0.824 bits per heavy atom. The first-order valence-corrected chi connectivity index (χ1v) is 6.04. The monoisotopic (exact) mass is 243 g/mol. The molecule has 0 saturated carbocycles. The molecule has 0 aliphatic rings. The standard InChI is InChI=1S/C12H25N3O2/c1-7(2)9(13-5)12(17)15-10(8(3)4)11(16)14-6/h7-10,13H,1-6H3,(H,14,16)(H,15,17)/t9?,10-/m0/s1. The van der Waals surface area contributed by atoms with E-state index in [0.29, 0.717) is 0 Å². The first-order chi connectivity index (χ1) is 7.84. The van der Waals surface area contributed by atoms with Crippen molar-refractivity contribution in [1.29, 1.82) is 0 Å². The van der Waals surface area contributed by atoms with Crippen molar-refractivity contribution in [2.75, 3.05) is 14.1 Å². The minimum Gasteiger partial charge on any atom is -0.357 e. The summed E-state index contributed by atoms with van der Waals surface area (Å²) in [6, 6.07) is -0.761. The highest BCUT2D eigenvalue weighted by Gasteiger charge is 2.27. The van der Waals surface area contributed by atoms with E-state index >= 15 is 0 Å². The Morgan fingerprint density at radius 2 is 1.29 bits per heavy atom. The van der Waals surface area contributed by atoms with E-state index in [0.717, 1.165) is 0 Å². The number of hydrogen-bond acceptors (Lipinski definition) is 3. The Kier molecular flexibility index (Phi) is 6.80. The van der Waals surface area contributed by atoms with Crippen LogP contribution in [0.2, 0.25) is 0 Å². The molecule has 0 aromatic rings. The second-order valence-electron chi connectivity index (χ2n) is 4.85. The van der Waals surface area contributed by atoms with E-state index in [4.69, 9.17) is 0 Å². The summed E-state index contributed by atoms with van der Waals surface area (Å²) in [4.78, 5) is 23.6. The lowest BCUT2D eigenvalue weighted by atomic mass is 10.00. The van der Waals surface area contributed by atoms with Crippen molar-refractivity contribution in [3.05, 3.63) is 0 Å². The zero-order chi connectivity index (χ0) is 13.6. The molecule has 5 nitrogen and oxygen atoms in total. The van der Waals surface area contributed by atoms with Gasteiger partial charge in [0.2, 0.25) is 11.8 Å². The molecule has 2 atom stereocenters. The summed E-state index contributed by atoms with van der Waals surface area (Å²) >= 11 is 0. The van der Waals surface area contributed by atoms with E-state index in [9.17, 15) is 9.59 Å². The van der Waals surface area contributed by atoms with Crippen molar-refractivity contribution in [3.8, 4) is 0 Å². The molecule has 0 bridgehead atoms. The van der Waals surface area contributed by atoms with Gasteiger partial charge in [0, 0.05) is 7.05 Å². The highest BCUT2D eigenvalue weighted by atomic mass is 16.2. The van der Waals surface area contributed by atoms with Crippen molar-refractivity contribution in [2.45, 2.75) is 39.8 Å². The number of nitrogens with one attached hydrogen (secondary N) is 3. The van der Waals surface area contributed by atoms with Crippen LogP contribution in [0.3, 0.4) is 0 Å². The molecule has 3 N–H and O–H groups in total. The average molecular weight is 243 g/mol. The first-order valence-electron chi connectivity index (χ1n) is 6.04. The third kappa shape index (κ3) is 4.73. The van der Waals surface area contributed by atoms with Gasteiger partial charge in [-0.05, 0) is 18.9 Å². The Hall–Kier alpha value is -1.10. The third-order valence-electron chi connectivity index (χ3n) is 2.75. The van der Waals surface area contributed by atoms with Crippen LogP contribution >= 0.6 is 0 Å². The molecule has 100 valence electrons. The van der Waals surface area contributed by atoms with E-state index in [2.05, 4.69) is 16.0 Å². The molecule has 0 radical (unpaired) electrons. The van der Waals surface area contributed by atoms with Crippen LogP contribution in [0.4, 0.5) is 0 Å². The molecule has 0 aliphatic heterocycles. The largest absolute Gasteiger partial charge is 0.357 e. The maximum absolute atomic E-state index is 12.0. The van der Waals surface area contributed by atoms with Gasteiger partial charge in [0.25, 0.3) is 0 Å². The summed E-state index contributed by atoms with van der Waals surface area (Å²) in [7, 11) is 3.32. The van der Waals surface area contributed by atoms with Gasteiger partial charge in [-0.1, -0.05) is 27.7 Å². The van der Waals surface area contributed by atoms with Gasteiger partial charge in [-0.15, -0.1) is 0 Å². The van der Waals surface area contributed by atoms with E-state index in [1.54, 1.807) is 14.1 Å². The van der Waals surface area contributed by atoms with Crippen molar-refractivity contribution in [3.63, 3.8) is 0 Å². The Bertz CT molecular complexity index is 264.